The number of hydrogen-bond donors (Lipinski definition) is 1. The van der Waals surface area contributed by atoms with Gasteiger partial charge in [-0.2, -0.15) is 0 Å². The maximum absolute atomic E-state index is 14.2. The van der Waals surface area contributed by atoms with Crippen molar-refractivity contribution in [2.75, 3.05) is 26.3 Å². The Morgan fingerprint density at radius 1 is 1.06 bits per heavy atom. The molecule has 8 nitrogen and oxygen atoms in total. The minimum Gasteiger partial charge on any atom is -0.465 e. The van der Waals surface area contributed by atoms with Gasteiger partial charge in [0.15, 0.2) is 0 Å². The zero-order valence-corrected chi connectivity index (χ0v) is 21.5. The number of allylic oxidation sites excluding steroid dienone is 1. The summed E-state index contributed by atoms with van der Waals surface area (Å²) >= 11 is 0. The van der Waals surface area contributed by atoms with Crippen molar-refractivity contribution in [2.24, 2.45) is 11.8 Å². The van der Waals surface area contributed by atoms with Gasteiger partial charge in [0.1, 0.15) is 23.2 Å². The summed E-state index contributed by atoms with van der Waals surface area (Å²) in [6.07, 6.45) is 11.9. The molecule has 35 heavy (non-hydrogen) atoms. The molecular formula is C27H40N2O6. The Morgan fingerprint density at radius 2 is 1.83 bits per heavy atom. The number of carbonyl (C=O) groups is 3. The lowest BCUT2D eigenvalue weighted by molar-refractivity contribution is -0.162. The van der Waals surface area contributed by atoms with E-state index in [1.54, 1.807) is 9.80 Å². The van der Waals surface area contributed by atoms with Crippen molar-refractivity contribution in [2.45, 2.75) is 89.0 Å². The molecular weight excluding hydrogens is 448 g/mol. The highest BCUT2D eigenvalue weighted by molar-refractivity contribution is 5.99. The summed E-state index contributed by atoms with van der Waals surface area (Å²) in [5.74, 6) is -2.53. The molecule has 4 aliphatic rings. The van der Waals surface area contributed by atoms with E-state index in [1.165, 1.54) is 0 Å². The first-order valence-electron chi connectivity index (χ1n) is 13.1. The maximum Gasteiger partial charge on any atom is 0.313 e. The number of likely N-dealkylation sites (tertiary alicyclic amines) is 1. The van der Waals surface area contributed by atoms with Crippen molar-refractivity contribution in [1.29, 1.82) is 0 Å². The first kappa shape index (κ1) is 25.9. The third-order valence-corrected chi connectivity index (χ3v) is 8.00. The van der Waals surface area contributed by atoms with Gasteiger partial charge >= 0.3 is 5.97 Å². The van der Waals surface area contributed by atoms with Gasteiger partial charge in [0, 0.05) is 25.2 Å². The summed E-state index contributed by atoms with van der Waals surface area (Å²) in [7, 11) is 0. The van der Waals surface area contributed by atoms with E-state index in [0.717, 1.165) is 19.3 Å². The maximum atomic E-state index is 14.2. The summed E-state index contributed by atoms with van der Waals surface area (Å²) in [4.78, 5) is 45.2. The molecule has 4 heterocycles. The second-order valence-electron chi connectivity index (χ2n) is 11.2. The Hall–Kier alpha value is -2.19. The molecule has 2 fully saturated rings. The number of fused-ring (bicyclic) bond motifs is 2. The molecule has 194 valence electrons. The molecule has 1 unspecified atom stereocenters. The fraction of sp³-hybridized carbons (Fsp3) is 0.741. The van der Waals surface area contributed by atoms with Gasteiger partial charge in [-0.3, -0.25) is 14.4 Å². The Morgan fingerprint density at radius 3 is 2.51 bits per heavy atom. The van der Waals surface area contributed by atoms with Gasteiger partial charge in [0.2, 0.25) is 11.8 Å². The van der Waals surface area contributed by atoms with Crippen LogP contribution >= 0.6 is 0 Å². The van der Waals surface area contributed by atoms with E-state index in [-0.39, 0.29) is 18.4 Å². The number of rotatable bonds is 5. The van der Waals surface area contributed by atoms with Crippen LogP contribution in [-0.4, -0.2) is 81.8 Å². The second kappa shape index (κ2) is 9.69. The van der Waals surface area contributed by atoms with Crippen LogP contribution in [0.15, 0.2) is 24.3 Å². The molecule has 8 heteroatoms. The summed E-state index contributed by atoms with van der Waals surface area (Å²) < 4.78 is 12.6. The van der Waals surface area contributed by atoms with E-state index in [0.29, 0.717) is 39.0 Å². The molecule has 2 amide bonds. The van der Waals surface area contributed by atoms with Crippen molar-refractivity contribution in [3.05, 3.63) is 24.3 Å². The summed E-state index contributed by atoms with van der Waals surface area (Å²) in [5, 5.41) is 9.32. The fourth-order valence-electron chi connectivity index (χ4n) is 6.28. The van der Waals surface area contributed by atoms with Crippen molar-refractivity contribution in [3.63, 3.8) is 0 Å². The standard InChI is InChI=1S/C27H40N2O6/c1-5-26-13-8-6-7-11-18-34-24(33)20(26)19-22(31)28(15-9-10-17-30)21-23(32)29(25(2,3)4)16-12-14-27(19,21)35-26/h8,12-14,19-21,30H,5-7,9-11,15-18H2,1-4H3/b13-8-/t19-,20+,21?,26-,27-/m0/s1. The van der Waals surface area contributed by atoms with Gasteiger partial charge in [0.05, 0.1) is 12.5 Å². The Bertz CT molecular complexity index is 908. The average Bonchev–Trinajstić information content (AvgIpc) is 3.15. The van der Waals surface area contributed by atoms with Gasteiger partial charge in [-0.05, 0) is 59.3 Å². The number of amides is 2. The Balaban J connectivity index is 1.87. The van der Waals surface area contributed by atoms with E-state index < -0.39 is 40.6 Å². The zero-order chi connectivity index (χ0) is 25.4. The fourth-order valence-corrected chi connectivity index (χ4v) is 6.28. The van der Waals surface area contributed by atoms with Crippen LogP contribution in [0.25, 0.3) is 0 Å². The number of hydrogen-bond acceptors (Lipinski definition) is 6. The highest BCUT2D eigenvalue weighted by atomic mass is 16.6. The molecule has 0 aromatic rings. The van der Waals surface area contributed by atoms with Crippen LogP contribution in [0, 0.1) is 11.8 Å². The molecule has 5 atom stereocenters. The van der Waals surface area contributed by atoms with Crippen LogP contribution in [-0.2, 0) is 23.9 Å². The third kappa shape index (κ3) is 4.22. The van der Waals surface area contributed by atoms with Crippen LogP contribution in [0.4, 0.5) is 0 Å². The van der Waals surface area contributed by atoms with Gasteiger partial charge in [-0.25, -0.2) is 0 Å². The predicted octanol–water partition coefficient (Wildman–Crippen LogP) is 2.60. The normalized spacial score (nSPS) is 36.4. The van der Waals surface area contributed by atoms with Gasteiger partial charge in [0.25, 0.3) is 0 Å². The van der Waals surface area contributed by atoms with Crippen LogP contribution in [0.1, 0.15) is 66.2 Å². The van der Waals surface area contributed by atoms with Crippen molar-refractivity contribution in [3.8, 4) is 0 Å². The van der Waals surface area contributed by atoms with Crippen molar-refractivity contribution < 1.29 is 29.0 Å². The minimum absolute atomic E-state index is 0.0123. The first-order valence-corrected chi connectivity index (χ1v) is 13.1. The summed E-state index contributed by atoms with van der Waals surface area (Å²) in [6.45, 7) is 8.93. The molecule has 0 aromatic carbocycles. The molecule has 1 spiro atoms. The number of aliphatic hydroxyl groups is 1. The molecule has 0 bridgehead atoms. The number of carbonyl (C=O) groups excluding carboxylic acids is 3. The smallest absolute Gasteiger partial charge is 0.313 e. The molecule has 0 radical (unpaired) electrons. The third-order valence-electron chi connectivity index (χ3n) is 8.00. The number of nitrogens with zero attached hydrogens (tertiary/aromatic N) is 2. The number of aliphatic hydroxyl groups excluding tert-OH is 1. The number of ether oxygens (including phenoxy) is 2. The second-order valence-corrected chi connectivity index (χ2v) is 11.2. The number of esters is 1. The quantitative estimate of drug-likeness (QED) is 0.363. The van der Waals surface area contributed by atoms with Crippen LogP contribution < -0.4 is 0 Å². The SMILES string of the molecule is CC[C@]12/C=C\CCCCOC(=O)[C@H]1[C@H]1C(=O)N(CCCCO)C3C(=O)N(C(C)(C)C)CC=C[C@@]31O2. The molecule has 4 aliphatic heterocycles. The van der Waals surface area contributed by atoms with Gasteiger partial charge in [-0.1, -0.05) is 31.2 Å². The van der Waals surface area contributed by atoms with Gasteiger partial charge in [-0.15, -0.1) is 0 Å². The summed E-state index contributed by atoms with van der Waals surface area (Å²) in [6, 6.07) is -0.876. The van der Waals surface area contributed by atoms with Crippen molar-refractivity contribution >= 4 is 17.8 Å². The van der Waals surface area contributed by atoms with Crippen molar-refractivity contribution in [1.82, 2.24) is 9.80 Å². The van der Waals surface area contributed by atoms with Crippen LogP contribution in [0.3, 0.4) is 0 Å². The Labute approximate surface area is 208 Å². The van der Waals surface area contributed by atoms with E-state index in [9.17, 15) is 19.5 Å². The lowest BCUT2D eigenvalue weighted by atomic mass is 9.73. The highest BCUT2D eigenvalue weighted by Gasteiger charge is 2.75. The van der Waals surface area contributed by atoms with E-state index >= 15 is 0 Å². The topological polar surface area (TPSA) is 96.4 Å². The monoisotopic (exact) mass is 488 g/mol. The van der Waals surface area contributed by atoms with E-state index in [4.69, 9.17) is 9.47 Å². The molecule has 4 rings (SSSR count). The number of cyclic esters (lactones) is 1. The van der Waals surface area contributed by atoms with Crippen LogP contribution in [0.2, 0.25) is 0 Å². The molecule has 2 saturated heterocycles. The van der Waals surface area contributed by atoms with E-state index in [1.807, 2.05) is 45.9 Å². The minimum atomic E-state index is -1.26. The van der Waals surface area contributed by atoms with E-state index in [2.05, 4.69) is 6.08 Å². The largest absolute Gasteiger partial charge is 0.465 e. The highest BCUT2D eigenvalue weighted by Crippen LogP contribution is 2.58. The molecule has 1 N–H and O–H groups in total. The lowest BCUT2D eigenvalue weighted by Crippen LogP contribution is -2.59. The number of unbranched alkanes of at least 4 members (excludes halogenated alkanes) is 1. The molecule has 0 saturated carbocycles. The summed E-state index contributed by atoms with van der Waals surface area (Å²) in [5.41, 5.74) is -2.74. The average molecular weight is 489 g/mol. The lowest BCUT2D eigenvalue weighted by Gasteiger charge is -2.41. The first-order chi connectivity index (χ1) is 16.6. The van der Waals surface area contributed by atoms with Gasteiger partial charge < -0.3 is 24.4 Å². The molecule has 0 aliphatic carbocycles. The van der Waals surface area contributed by atoms with Crippen LogP contribution in [0.5, 0.6) is 0 Å². The predicted molar refractivity (Wildman–Crippen MR) is 130 cm³/mol. The zero-order valence-electron chi connectivity index (χ0n) is 21.5. The molecule has 0 aromatic heterocycles. The Kier molecular flexibility index (Phi) is 7.17.